The summed E-state index contributed by atoms with van der Waals surface area (Å²) in [7, 11) is -3.46. The highest BCUT2D eigenvalue weighted by Crippen LogP contribution is 2.23. The van der Waals surface area contributed by atoms with Crippen LogP contribution in [0.25, 0.3) is 0 Å². The lowest BCUT2D eigenvalue weighted by Crippen LogP contribution is -2.29. The van der Waals surface area contributed by atoms with Crippen molar-refractivity contribution >= 4 is 21.6 Å². The number of sulfonamides is 1. The molecular formula is C25H28N2O3S. The van der Waals surface area contributed by atoms with E-state index in [0.29, 0.717) is 17.8 Å². The first kappa shape index (κ1) is 22.6. The van der Waals surface area contributed by atoms with Crippen molar-refractivity contribution < 1.29 is 13.2 Å². The number of hydrogen-bond acceptors (Lipinski definition) is 3. The largest absolute Gasteiger partial charge is 0.348 e. The molecular weight excluding hydrogens is 408 g/mol. The van der Waals surface area contributed by atoms with Crippen molar-refractivity contribution in [2.24, 2.45) is 0 Å². The highest BCUT2D eigenvalue weighted by molar-refractivity contribution is 7.92. The molecule has 0 heterocycles. The highest BCUT2D eigenvalue weighted by Gasteiger charge is 2.19. The maximum Gasteiger partial charge on any atom is 0.251 e. The van der Waals surface area contributed by atoms with Gasteiger partial charge < -0.3 is 5.32 Å². The van der Waals surface area contributed by atoms with Gasteiger partial charge in [-0.1, -0.05) is 48.0 Å². The van der Waals surface area contributed by atoms with Crippen molar-refractivity contribution in [1.29, 1.82) is 0 Å². The van der Waals surface area contributed by atoms with Crippen molar-refractivity contribution in [3.63, 3.8) is 0 Å². The number of anilines is 1. The maximum atomic E-state index is 12.5. The van der Waals surface area contributed by atoms with Gasteiger partial charge in [0.05, 0.1) is 18.5 Å². The number of carbonyl (C=O) groups excluding carboxylic acids is 1. The second kappa shape index (κ2) is 9.35. The van der Waals surface area contributed by atoms with Gasteiger partial charge in [0.1, 0.15) is 0 Å². The molecule has 31 heavy (non-hydrogen) atoms. The average Bonchev–Trinajstić information content (AvgIpc) is 2.70. The molecule has 3 aromatic rings. The van der Waals surface area contributed by atoms with E-state index in [2.05, 4.69) is 5.32 Å². The van der Waals surface area contributed by atoms with Crippen molar-refractivity contribution in [2.45, 2.75) is 33.9 Å². The van der Waals surface area contributed by atoms with E-state index >= 15 is 0 Å². The van der Waals surface area contributed by atoms with Crippen LogP contribution in [0.15, 0.2) is 66.7 Å². The van der Waals surface area contributed by atoms with Gasteiger partial charge >= 0.3 is 0 Å². The summed E-state index contributed by atoms with van der Waals surface area (Å²) in [6.45, 7) is 6.57. The van der Waals surface area contributed by atoms with Crippen LogP contribution in [0.1, 0.15) is 38.2 Å². The van der Waals surface area contributed by atoms with Crippen LogP contribution in [-0.4, -0.2) is 20.6 Å². The fourth-order valence-electron chi connectivity index (χ4n) is 3.41. The second-order valence-electron chi connectivity index (χ2n) is 7.98. The Morgan fingerprint density at radius 1 is 0.806 bits per heavy atom. The van der Waals surface area contributed by atoms with E-state index < -0.39 is 10.0 Å². The molecule has 0 aliphatic heterocycles. The lowest BCUT2D eigenvalue weighted by Gasteiger charge is -2.23. The summed E-state index contributed by atoms with van der Waals surface area (Å²) in [4.78, 5) is 12.5. The van der Waals surface area contributed by atoms with Crippen LogP contribution < -0.4 is 9.62 Å². The van der Waals surface area contributed by atoms with Gasteiger partial charge in [-0.2, -0.15) is 0 Å². The molecule has 1 N–H and O–H groups in total. The molecule has 5 nitrogen and oxygen atoms in total. The molecule has 0 unspecified atom stereocenters. The van der Waals surface area contributed by atoms with Gasteiger partial charge in [-0.05, 0) is 67.3 Å². The minimum Gasteiger partial charge on any atom is -0.348 e. The maximum absolute atomic E-state index is 12.5. The molecule has 0 saturated carbocycles. The molecule has 3 aromatic carbocycles. The van der Waals surface area contributed by atoms with Gasteiger partial charge in [0, 0.05) is 12.1 Å². The molecule has 6 heteroatoms. The van der Waals surface area contributed by atoms with Crippen LogP contribution in [-0.2, 0) is 23.1 Å². The van der Waals surface area contributed by atoms with Crippen molar-refractivity contribution in [1.82, 2.24) is 5.32 Å². The zero-order chi connectivity index (χ0) is 22.6. The summed E-state index contributed by atoms with van der Waals surface area (Å²) in [6, 6.07) is 20.8. The number of nitrogens with zero attached hydrogens (tertiary/aromatic N) is 1. The van der Waals surface area contributed by atoms with E-state index in [4.69, 9.17) is 0 Å². The van der Waals surface area contributed by atoms with Crippen molar-refractivity contribution in [3.05, 3.63) is 100 Å². The lowest BCUT2D eigenvalue weighted by atomic mass is 10.1. The third-order valence-corrected chi connectivity index (χ3v) is 6.15. The first-order valence-electron chi connectivity index (χ1n) is 10.1. The molecule has 0 bridgehead atoms. The van der Waals surface area contributed by atoms with Crippen molar-refractivity contribution in [2.75, 3.05) is 10.6 Å². The Labute approximate surface area is 184 Å². The van der Waals surface area contributed by atoms with E-state index in [9.17, 15) is 13.2 Å². The lowest BCUT2D eigenvalue weighted by molar-refractivity contribution is 0.0951. The number of nitrogens with one attached hydrogen (secondary N) is 1. The molecule has 0 aromatic heterocycles. The molecule has 162 valence electrons. The monoisotopic (exact) mass is 436 g/mol. The third kappa shape index (κ3) is 6.18. The van der Waals surface area contributed by atoms with Gasteiger partial charge in [0.2, 0.25) is 10.0 Å². The molecule has 1 amide bonds. The van der Waals surface area contributed by atoms with Gasteiger partial charge in [-0.3, -0.25) is 9.10 Å². The number of rotatable bonds is 7. The molecule has 0 radical (unpaired) electrons. The van der Waals surface area contributed by atoms with E-state index in [1.807, 2.05) is 63.2 Å². The van der Waals surface area contributed by atoms with Gasteiger partial charge in [-0.15, -0.1) is 0 Å². The summed E-state index contributed by atoms with van der Waals surface area (Å²) in [5.41, 5.74) is 6.20. The van der Waals surface area contributed by atoms with Gasteiger partial charge in [-0.25, -0.2) is 8.42 Å². The van der Waals surface area contributed by atoms with Crippen LogP contribution in [0.5, 0.6) is 0 Å². The van der Waals surface area contributed by atoms with E-state index in [1.54, 1.807) is 24.3 Å². The number of aryl methyl sites for hydroxylation is 3. The van der Waals surface area contributed by atoms with Crippen LogP contribution >= 0.6 is 0 Å². The summed E-state index contributed by atoms with van der Waals surface area (Å²) in [5.74, 6) is -0.165. The predicted molar refractivity (Wildman–Crippen MR) is 126 cm³/mol. The predicted octanol–water partition coefficient (Wildman–Crippen LogP) is 4.51. The summed E-state index contributed by atoms with van der Waals surface area (Å²) >= 11 is 0. The van der Waals surface area contributed by atoms with Gasteiger partial charge in [0.25, 0.3) is 5.91 Å². The molecule has 0 saturated heterocycles. The zero-order valence-corrected chi connectivity index (χ0v) is 19.2. The second-order valence-corrected chi connectivity index (χ2v) is 9.89. The first-order chi connectivity index (χ1) is 14.6. The van der Waals surface area contributed by atoms with E-state index in [-0.39, 0.29) is 12.5 Å². The molecule has 3 rings (SSSR count). The molecule has 0 spiro atoms. The van der Waals surface area contributed by atoms with Crippen LogP contribution in [0.4, 0.5) is 5.69 Å². The fourth-order valence-corrected chi connectivity index (χ4v) is 4.28. The Hall–Kier alpha value is -3.12. The number of amides is 1. The highest BCUT2D eigenvalue weighted by atomic mass is 32.2. The normalized spacial score (nSPS) is 11.2. The number of hydrogen-bond donors (Lipinski definition) is 1. The fraction of sp³-hybridized carbons (Fsp3) is 0.240. The van der Waals surface area contributed by atoms with Crippen LogP contribution in [0.3, 0.4) is 0 Å². The Kier molecular flexibility index (Phi) is 6.81. The smallest absolute Gasteiger partial charge is 0.251 e. The quantitative estimate of drug-likeness (QED) is 0.593. The van der Waals surface area contributed by atoms with Gasteiger partial charge in [0.15, 0.2) is 0 Å². The molecule has 0 aliphatic carbocycles. The summed E-state index contributed by atoms with van der Waals surface area (Å²) in [6.07, 6.45) is 1.21. The van der Waals surface area contributed by atoms with Crippen LogP contribution in [0, 0.1) is 20.8 Å². The minimum absolute atomic E-state index is 0.165. The Bertz CT molecular complexity index is 1150. The minimum atomic E-state index is -3.46. The molecule has 0 fully saturated rings. The molecule has 0 aliphatic rings. The summed E-state index contributed by atoms with van der Waals surface area (Å²) in [5, 5.41) is 2.91. The SMILES string of the molecule is Cc1ccc(CNC(=O)c2ccc(CN(c3cc(C)cc(C)c3)S(C)(=O)=O)cc2)cc1. The number of benzene rings is 3. The Morgan fingerprint density at radius 2 is 1.35 bits per heavy atom. The van der Waals surface area contributed by atoms with E-state index in [0.717, 1.165) is 22.3 Å². The number of carbonyl (C=O) groups is 1. The zero-order valence-electron chi connectivity index (χ0n) is 18.3. The topological polar surface area (TPSA) is 66.5 Å². The summed E-state index contributed by atoms with van der Waals surface area (Å²) < 4.78 is 26.3. The Morgan fingerprint density at radius 3 is 1.90 bits per heavy atom. The third-order valence-electron chi connectivity index (χ3n) is 5.01. The Balaban J connectivity index is 1.71. The van der Waals surface area contributed by atoms with E-state index in [1.165, 1.54) is 16.1 Å². The van der Waals surface area contributed by atoms with Crippen LogP contribution in [0.2, 0.25) is 0 Å². The first-order valence-corrected chi connectivity index (χ1v) is 12.0. The molecule has 0 atom stereocenters. The standard InChI is InChI=1S/C25H28N2O3S/c1-18-5-7-21(8-6-18)16-26-25(28)23-11-9-22(10-12-23)17-27(31(4,29)30)24-14-19(2)13-20(3)15-24/h5-15H,16-17H2,1-4H3,(H,26,28). The average molecular weight is 437 g/mol. The van der Waals surface area contributed by atoms with Crippen molar-refractivity contribution in [3.8, 4) is 0 Å².